The van der Waals surface area contributed by atoms with Gasteiger partial charge in [0.25, 0.3) is 0 Å². The summed E-state index contributed by atoms with van der Waals surface area (Å²) in [5.41, 5.74) is -0.0608. The Kier molecular flexibility index (Phi) is 8.81. The Labute approximate surface area is 217 Å². The van der Waals surface area contributed by atoms with E-state index >= 15 is 0 Å². The molecule has 2 fully saturated rings. The van der Waals surface area contributed by atoms with E-state index in [-0.39, 0.29) is 41.2 Å². The van der Waals surface area contributed by atoms with Crippen LogP contribution in [-0.4, -0.2) is 64.3 Å². The largest absolute Gasteiger partial charge is 0.573 e. The molecular weight excluding hydrogens is 507 g/mol. The van der Waals surface area contributed by atoms with Gasteiger partial charge >= 0.3 is 12.0 Å². The number of hydrogen-bond donors (Lipinski definition) is 3. The van der Waals surface area contributed by atoms with Gasteiger partial charge in [-0.25, -0.2) is 4.98 Å². The highest BCUT2D eigenvalue weighted by Gasteiger charge is 2.32. The van der Waals surface area contributed by atoms with Gasteiger partial charge in [0.2, 0.25) is 17.7 Å². The first-order valence-corrected chi connectivity index (χ1v) is 12.5. The monoisotopic (exact) mass is 537 g/mol. The molecule has 0 radical (unpaired) electrons. The van der Waals surface area contributed by atoms with E-state index in [1.54, 1.807) is 6.07 Å². The van der Waals surface area contributed by atoms with Gasteiger partial charge in [-0.3, -0.25) is 19.8 Å². The number of amides is 1. The van der Waals surface area contributed by atoms with Gasteiger partial charge in [-0.15, -0.1) is 13.2 Å². The van der Waals surface area contributed by atoms with Crippen LogP contribution >= 0.6 is 0 Å². The van der Waals surface area contributed by atoms with Crippen molar-refractivity contribution in [2.75, 3.05) is 36.8 Å². The van der Waals surface area contributed by atoms with Crippen molar-refractivity contribution in [3.8, 4) is 5.75 Å². The average Bonchev–Trinajstić information content (AvgIpc) is 3.10. The summed E-state index contributed by atoms with van der Waals surface area (Å²) in [7, 11) is 0. The van der Waals surface area contributed by atoms with E-state index in [9.17, 15) is 28.1 Å². The van der Waals surface area contributed by atoms with Crippen molar-refractivity contribution in [3.05, 3.63) is 46.1 Å². The SMILES string of the molecule is O=C1CCN(C2CCC(CNc3nc(NCc4ccccc4OC(F)(F)F)ncc3[N+](=O)[O-])CC2)CCN1. The first kappa shape index (κ1) is 27.4. The molecule has 2 heterocycles. The highest BCUT2D eigenvalue weighted by atomic mass is 19.4. The molecule has 1 aromatic heterocycles. The standard InChI is InChI=1S/C24H30F3N7O4/c25-24(26,27)38-20-4-2-1-3-17(20)14-30-23-31-15-19(34(36)37)22(32-23)29-13-16-5-7-18(8-6-16)33-11-9-21(35)28-10-12-33/h1-4,15-16,18H,5-14H2,(H,28,35)(H2,29,30,31,32). The van der Waals surface area contributed by atoms with Gasteiger partial charge in [0, 0.05) is 50.7 Å². The van der Waals surface area contributed by atoms with Gasteiger partial charge in [-0.1, -0.05) is 18.2 Å². The summed E-state index contributed by atoms with van der Waals surface area (Å²) in [4.78, 5) is 33.1. The number of alkyl halides is 3. The minimum atomic E-state index is -4.83. The summed E-state index contributed by atoms with van der Waals surface area (Å²) in [5.74, 6) is 0.116. The van der Waals surface area contributed by atoms with Crippen LogP contribution in [0.5, 0.6) is 5.75 Å². The lowest BCUT2D eigenvalue weighted by Crippen LogP contribution is -2.40. The molecule has 0 bridgehead atoms. The summed E-state index contributed by atoms with van der Waals surface area (Å²) in [5, 5.41) is 20.3. The van der Waals surface area contributed by atoms with Gasteiger partial charge in [0.1, 0.15) is 11.9 Å². The predicted octanol–water partition coefficient (Wildman–Crippen LogP) is 3.69. The number of carbonyl (C=O) groups excluding carboxylic acids is 1. The van der Waals surface area contributed by atoms with Crippen LogP contribution in [-0.2, 0) is 11.3 Å². The lowest BCUT2D eigenvalue weighted by molar-refractivity contribution is -0.384. The fourth-order valence-electron chi connectivity index (χ4n) is 4.88. The lowest BCUT2D eigenvalue weighted by Gasteiger charge is -2.36. The number of aromatic nitrogens is 2. The highest BCUT2D eigenvalue weighted by molar-refractivity contribution is 5.76. The normalized spacial score (nSPS) is 20.8. The first-order chi connectivity index (χ1) is 18.2. The zero-order valence-corrected chi connectivity index (χ0v) is 20.7. The topological polar surface area (TPSA) is 135 Å². The van der Waals surface area contributed by atoms with Crippen molar-refractivity contribution in [2.45, 2.75) is 51.1 Å². The van der Waals surface area contributed by atoms with Gasteiger partial charge in [-0.2, -0.15) is 4.98 Å². The molecule has 11 nitrogen and oxygen atoms in total. The third-order valence-electron chi connectivity index (χ3n) is 6.84. The van der Waals surface area contributed by atoms with E-state index in [1.807, 2.05) is 0 Å². The minimum absolute atomic E-state index is 0.0351. The molecular formula is C24H30F3N7O4. The summed E-state index contributed by atoms with van der Waals surface area (Å²) >= 11 is 0. The Morgan fingerprint density at radius 3 is 2.66 bits per heavy atom. The van der Waals surface area contributed by atoms with Crippen LogP contribution in [0, 0.1) is 16.0 Å². The van der Waals surface area contributed by atoms with Crippen LogP contribution in [0.1, 0.15) is 37.7 Å². The maximum Gasteiger partial charge on any atom is 0.573 e. The van der Waals surface area contributed by atoms with E-state index in [0.717, 1.165) is 45.0 Å². The van der Waals surface area contributed by atoms with Gasteiger partial charge in [0.05, 0.1) is 4.92 Å². The van der Waals surface area contributed by atoms with E-state index in [2.05, 4.69) is 35.6 Å². The number of para-hydroxylation sites is 1. The Bertz CT molecular complexity index is 1130. The Hall–Kier alpha value is -3.68. The van der Waals surface area contributed by atoms with E-state index in [1.165, 1.54) is 18.2 Å². The molecule has 1 aliphatic carbocycles. The molecule has 3 N–H and O–H groups in total. The van der Waals surface area contributed by atoms with E-state index in [0.29, 0.717) is 31.5 Å². The molecule has 0 spiro atoms. The fraction of sp³-hybridized carbons (Fsp3) is 0.542. The number of anilines is 2. The van der Waals surface area contributed by atoms with Gasteiger partial charge in [-0.05, 0) is 37.7 Å². The summed E-state index contributed by atoms with van der Waals surface area (Å²) in [6.07, 6.45) is 0.597. The minimum Gasteiger partial charge on any atom is -0.405 e. The Morgan fingerprint density at radius 2 is 1.92 bits per heavy atom. The van der Waals surface area contributed by atoms with Crippen LogP contribution in [0.15, 0.2) is 30.5 Å². The van der Waals surface area contributed by atoms with Crippen molar-refractivity contribution >= 4 is 23.4 Å². The third-order valence-corrected chi connectivity index (χ3v) is 6.84. The van der Waals surface area contributed by atoms with Gasteiger partial charge < -0.3 is 20.7 Å². The molecule has 2 aromatic rings. The molecule has 0 atom stereocenters. The number of ether oxygens (including phenoxy) is 1. The maximum absolute atomic E-state index is 12.7. The molecule has 206 valence electrons. The van der Waals surface area contributed by atoms with Crippen LogP contribution in [0.3, 0.4) is 0 Å². The van der Waals surface area contributed by atoms with E-state index < -0.39 is 11.3 Å². The van der Waals surface area contributed by atoms with Crippen LogP contribution in [0.4, 0.5) is 30.6 Å². The third kappa shape index (κ3) is 7.66. The number of hydrogen-bond acceptors (Lipinski definition) is 9. The number of rotatable bonds is 9. The van der Waals surface area contributed by atoms with Crippen LogP contribution < -0.4 is 20.7 Å². The second-order valence-electron chi connectivity index (χ2n) is 9.39. The predicted molar refractivity (Wildman–Crippen MR) is 133 cm³/mol. The second kappa shape index (κ2) is 12.2. The van der Waals surface area contributed by atoms with Crippen molar-refractivity contribution in [1.29, 1.82) is 0 Å². The Morgan fingerprint density at radius 1 is 1.16 bits per heavy atom. The molecule has 2 aliphatic rings. The molecule has 38 heavy (non-hydrogen) atoms. The number of benzene rings is 1. The average molecular weight is 538 g/mol. The molecule has 1 aromatic carbocycles. The lowest BCUT2D eigenvalue weighted by atomic mass is 9.85. The highest BCUT2D eigenvalue weighted by Crippen LogP contribution is 2.30. The molecule has 4 rings (SSSR count). The summed E-state index contributed by atoms with van der Waals surface area (Å²) < 4.78 is 42.1. The van der Waals surface area contributed by atoms with Gasteiger partial charge in [0.15, 0.2) is 0 Å². The van der Waals surface area contributed by atoms with Crippen molar-refractivity contribution in [3.63, 3.8) is 0 Å². The number of nitrogens with one attached hydrogen (secondary N) is 3. The molecule has 1 amide bonds. The quantitative estimate of drug-likeness (QED) is 0.323. The summed E-state index contributed by atoms with van der Waals surface area (Å²) in [6, 6.07) is 6.09. The fourth-order valence-corrected chi connectivity index (χ4v) is 4.88. The summed E-state index contributed by atoms with van der Waals surface area (Å²) in [6.45, 7) is 2.68. The molecule has 1 aliphatic heterocycles. The number of nitrogens with zero attached hydrogens (tertiary/aromatic N) is 4. The Balaban J connectivity index is 1.34. The number of nitro groups is 1. The maximum atomic E-state index is 12.7. The molecule has 1 saturated heterocycles. The smallest absolute Gasteiger partial charge is 0.405 e. The van der Waals surface area contributed by atoms with Crippen molar-refractivity contribution in [2.24, 2.45) is 5.92 Å². The number of halogens is 3. The van der Waals surface area contributed by atoms with Crippen LogP contribution in [0.25, 0.3) is 0 Å². The molecule has 0 unspecified atom stereocenters. The van der Waals surface area contributed by atoms with E-state index in [4.69, 9.17) is 0 Å². The van der Waals surface area contributed by atoms with Crippen LogP contribution in [0.2, 0.25) is 0 Å². The molecule has 14 heteroatoms. The number of carbonyl (C=O) groups is 1. The molecule has 1 saturated carbocycles. The zero-order valence-electron chi connectivity index (χ0n) is 20.7. The van der Waals surface area contributed by atoms with Crippen molar-refractivity contribution < 1.29 is 27.6 Å². The second-order valence-corrected chi connectivity index (χ2v) is 9.39. The first-order valence-electron chi connectivity index (χ1n) is 12.5. The van der Waals surface area contributed by atoms with Crippen molar-refractivity contribution in [1.82, 2.24) is 20.2 Å². The zero-order chi connectivity index (χ0) is 27.1.